The van der Waals surface area contributed by atoms with Crippen LogP contribution in [0, 0.1) is 25.7 Å². The topological polar surface area (TPSA) is 79.5 Å². The Labute approximate surface area is 154 Å². The second kappa shape index (κ2) is 7.64. The largest absolute Gasteiger partial charge is 0.451 e. The average Bonchev–Trinajstić information content (AvgIpc) is 2.93. The Morgan fingerprint density at radius 3 is 2.46 bits per heavy atom. The van der Waals surface area contributed by atoms with Crippen LogP contribution in [0.5, 0.6) is 0 Å². The number of nitrogens with zero attached hydrogens (tertiary/aromatic N) is 1. The molecule has 2 fully saturated rings. The molecule has 1 N–H and O–H groups in total. The van der Waals surface area contributed by atoms with Gasteiger partial charge in [-0.2, -0.15) is 0 Å². The number of aryl methyl sites for hydroxylation is 1. The minimum Gasteiger partial charge on any atom is -0.451 e. The lowest BCUT2D eigenvalue weighted by Crippen LogP contribution is -2.46. The van der Waals surface area contributed by atoms with E-state index < -0.39 is 5.97 Å². The Bertz CT molecular complexity index is 722. The van der Waals surface area contributed by atoms with E-state index in [1.807, 2.05) is 4.90 Å². The number of piperidine rings is 1. The predicted octanol–water partition coefficient (Wildman–Crippen LogP) is 3.03. The maximum absolute atomic E-state index is 12.5. The Hall–Kier alpha value is -2.11. The van der Waals surface area contributed by atoms with Crippen molar-refractivity contribution in [1.29, 1.82) is 0 Å². The highest BCUT2D eigenvalue weighted by Crippen LogP contribution is 2.36. The van der Waals surface area contributed by atoms with E-state index in [4.69, 9.17) is 4.74 Å². The second-order valence-electron chi connectivity index (χ2n) is 7.69. The summed E-state index contributed by atoms with van der Waals surface area (Å²) in [7, 11) is 0. The number of aromatic amines is 1. The molecular formula is C20H28N2O4. The number of hydrogen-bond donors (Lipinski definition) is 1. The first kappa shape index (κ1) is 18.7. The summed E-state index contributed by atoms with van der Waals surface area (Å²) in [5.41, 5.74) is 2.00. The minimum absolute atomic E-state index is 0.0956. The number of carbonyl (C=O) groups is 3. The Morgan fingerprint density at radius 2 is 1.81 bits per heavy atom. The summed E-state index contributed by atoms with van der Waals surface area (Å²) in [6.07, 6.45) is 6.10. The lowest BCUT2D eigenvalue weighted by Gasteiger charge is -2.41. The van der Waals surface area contributed by atoms with Crippen molar-refractivity contribution in [2.75, 3.05) is 19.7 Å². The molecule has 1 saturated heterocycles. The summed E-state index contributed by atoms with van der Waals surface area (Å²) >= 11 is 0. The molecule has 0 bridgehead atoms. The van der Waals surface area contributed by atoms with Crippen LogP contribution in [0.25, 0.3) is 0 Å². The van der Waals surface area contributed by atoms with Crippen molar-refractivity contribution < 1.29 is 19.1 Å². The summed E-state index contributed by atoms with van der Waals surface area (Å²) in [5, 5.41) is 0. The second-order valence-corrected chi connectivity index (χ2v) is 7.69. The number of fused-ring (bicyclic) bond motifs is 1. The number of H-pyrrole nitrogens is 1. The SMILES string of the molecule is CC(=O)c1c(C)[nH]c(C(=O)OCC(=O)N2CCC3CCCCC3C2)c1C. The third kappa shape index (κ3) is 3.69. The number of hydrogen-bond acceptors (Lipinski definition) is 4. The van der Waals surface area contributed by atoms with E-state index in [2.05, 4.69) is 4.98 Å². The highest BCUT2D eigenvalue weighted by atomic mass is 16.5. The molecule has 2 unspecified atom stereocenters. The molecule has 3 rings (SSSR count). The zero-order valence-electron chi connectivity index (χ0n) is 15.9. The first-order valence-corrected chi connectivity index (χ1v) is 9.53. The smallest absolute Gasteiger partial charge is 0.355 e. The third-order valence-electron chi connectivity index (χ3n) is 5.96. The van der Waals surface area contributed by atoms with Gasteiger partial charge >= 0.3 is 5.97 Å². The summed E-state index contributed by atoms with van der Waals surface area (Å²) in [5.74, 6) is 0.546. The van der Waals surface area contributed by atoms with E-state index in [1.165, 1.54) is 32.6 Å². The molecule has 1 aliphatic heterocycles. The molecule has 0 spiro atoms. The molecule has 1 saturated carbocycles. The third-order valence-corrected chi connectivity index (χ3v) is 5.96. The molecule has 1 aliphatic carbocycles. The quantitative estimate of drug-likeness (QED) is 0.661. The van der Waals surface area contributed by atoms with Gasteiger partial charge in [0.25, 0.3) is 5.91 Å². The fraction of sp³-hybridized carbons (Fsp3) is 0.650. The van der Waals surface area contributed by atoms with Crippen molar-refractivity contribution in [3.05, 3.63) is 22.5 Å². The molecule has 6 heteroatoms. The summed E-state index contributed by atoms with van der Waals surface area (Å²) in [6, 6.07) is 0. The van der Waals surface area contributed by atoms with Gasteiger partial charge in [-0.25, -0.2) is 4.79 Å². The van der Waals surface area contributed by atoms with E-state index in [9.17, 15) is 14.4 Å². The number of aromatic nitrogens is 1. The highest BCUT2D eigenvalue weighted by molar-refractivity contribution is 6.01. The van der Waals surface area contributed by atoms with Crippen LogP contribution >= 0.6 is 0 Å². The van der Waals surface area contributed by atoms with Gasteiger partial charge in [0.1, 0.15) is 5.69 Å². The highest BCUT2D eigenvalue weighted by Gasteiger charge is 2.33. The van der Waals surface area contributed by atoms with Crippen molar-refractivity contribution >= 4 is 17.7 Å². The van der Waals surface area contributed by atoms with Crippen LogP contribution in [-0.2, 0) is 9.53 Å². The van der Waals surface area contributed by atoms with Gasteiger partial charge in [-0.15, -0.1) is 0 Å². The number of amides is 1. The minimum atomic E-state index is -0.584. The van der Waals surface area contributed by atoms with Gasteiger partial charge in [-0.1, -0.05) is 19.3 Å². The molecule has 6 nitrogen and oxygen atoms in total. The zero-order chi connectivity index (χ0) is 18.8. The molecule has 0 aromatic carbocycles. The van der Waals surface area contributed by atoms with Crippen LogP contribution in [0.3, 0.4) is 0 Å². The predicted molar refractivity (Wildman–Crippen MR) is 97.2 cm³/mol. The number of likely N-dealkylation sites (tertiary alicyclic amines) is 1. The molecule has 1 aromatic rings. The first-order valence-electron chi connectivity index (χ1n) is 9.53. The van der Waals surface area contributed by atoms with Crippen LogP contribution in [0.15, 0.2) is 0 Å². The molecule has 2 aliphatic rings. The zero-order valence-corrected chi connectivity index (χ0v) is 15.9. The molecule has 26 heavy (non-hydrogen) atoms. The van der Waals surface area contributed by atoms with Crippen molar-refractivity contribution in [2.45, 2.75) is 52.9 Å². The molecule has 1 aromatic heterocycles. The van der Waals surface area contributed by atoms with Crippen LogP contribution in [-0.4, -0.2) is 47.2 Å². The molecule has 1 amide bonds. The summed E-state index contributed by atoms with van der Waals surface area (Å²) < 4.78 is 5.24. The van der Waals surface area contributed by atoms with Crippen LogP contribution < -0.4 is 0 Å². The maximum Gasteiger partial charge on any atom is 0.355 e. The number of rotatable bonds is 4. The van der Waals surface area contributed by atoms with Crippen molar-refractivity contribution in [3.8, 4) is 0 Å². The van der Waals surface area contributed by atoms with Gasteiger partial charge in [0.2, 0.25) is 0 Å². The Balaban J connectivity index is 1.57. The number of Topliss-reactive ketones (excluding diaryl/α,β-unsaturated/α-hetero) is 1. The van der Waals surface area contributed by atoms with E-state index in [0.717, 1.165) is 25.4 Å². The number of esters is 1. The van der Waals surface area contributed by atoms with Crippen LogP contribution in [0.4, 0.5) is 0 Å². The number of ether oxygens (including phenoxy) is 1. The molecule has 2 atom stereocenters. The summed E-state index contributed by atoms with van der Waals surface area (Å²) in [6.45, 7) is 6.23. The van der Waals surface area contributed by atoms with Crippen LogP contribution in [0.1, 0.15) is 71.1 Å². The lowest BCUT2D eigenvalue weighted by atomic mass is 9.75. The van der Waals surface area contributed by atoms with Crippen molar-refractivity contribution in [2.24, 2.45) is 11.8 Å². The normalized spacial score (nSPS) is 22.7. The fourth-order valence-electron chi connectivity index (χ4n) is 4.60. The van der Waals surface area contributed by atoms with Crippen LogP contribution in [0.2, 0.25) is 0 Å². The Morgan fingerprint density at radius 1 is 1.12 bits per heavy atom. The average molecular weight is 360 g/mol. The number of carbonyl (C=O) groups excluding carboxylic acids is 3. The van der Waals surface area contributed by atoms with Gasteiger partial charge in [-0.3, -0.25) is 9.59 Å². The number of ketones is 1. The first-order chi connectivity index (χ1) is 12.4. The van der Waals surface area contributed by atoms with E-state index in [0.29, 0.717) is 22.7 Å². The number of nitrogens with one attached hydrogen (secondary N) is 1. The van der Waals surface area contributed by atoms with E-state index >= 15 is 0 Å². The van der Waals surface area contributed by atoms with E-state index in [-0.39, 0.29) is 24.0 Å². The standard InChI is InChI=1S/C20H28N2O4/c1-12-18(14(3)23)13(2)21-19(12)20(25)26-11-17(24)22-9-8-15-6-4-5-7-16(15)10-22/h15-16,21H,4-11H2,1-3H3. The van der Waals surface area contributed by atoms with E-state index in [1.54, 1.807) is 13.8 Å². The lowest BCUT2D eigenvalue weighted by molar-refractivity contribution is -0.137. The molecule has 142 valence electrons. The monoisotopic (exact) mass is 360 g/mol. The van der Waals surface area contributed by atoms with Gasteiger partial charge in [0, 0.05) is 24.3 Å². The molecular weight excluding hydrogens is 332 g/mol. The van der Waals surface area contributed by atoms with Gasteiger partial charge in [-0.05, 0) is 51.0 Å². The fourth-order valence-corrected chi connectivity index (χ4v) is 4.60. The van der Waals surface area contributed by atoms with Gasteiger partial charge in [0.15, 0.2) is 12.4 Å². The van der Waals surface area contributed by atoms with Gasteiger partial charge < -0.3 is 14.6 Å². The van der Waals surface area contributed by atoms with Crippen molar-refractivity contribution in [1.82, 2.24) is 9.88 Å². The Kier molecular flexibility index (Phi) is 5.49. The maximum atomic E-state index is 12.5. The van der Waals surface area contributed by atoms with Gasteiger partial charge in [0.05, 0.1) is 0 Å². The van der Waals surface area contributed by atoms with Crippen molar-refractivity contribution in [3.63, 3.8) is 0 Å². The molecule has 2 heterocycles. The summed E-state index contributed by atoms with van der Waals surface area (Å²) in [4.78, 5) is 41.2. The molecule has 0 radical (unpaired) electrons.